The molecule has 0 aromatic heterocycles. The zero-order valence-corrected chi connectivity index (χ0v) is 35.6. The first-order valence-electron chi connectivity index (χ1n) is 16.9. The fourth-order valence-electron chi connectivity index (χ4n) is 5.60. The molecule has 2 radical (unpaired) electrons. The molecule has 0 fully saturated rings. The van der Waals surface area contributed by atoms with Gasteiger partial charge in [-0.3, -0.25) is 0 Å². The van der Waals surface area contributed by atoms with Gasteiger partial charge in [0, 0.05) is 0 Å². The van der Waals surface area contributed by atoms with Crippen LogP contribution in [0.3, 0.4) is 0 Å². The van der Waals surface area contributed by atoms with E-state index in [0.717, 1.165) is 42.6 Å². The molecule has 0 bridgehead atoms. The molecule has 0 spiro atoms. The van der Waals surface area contributed by atoms with Crippen molar-refractivity contribution < 1.29 is 38.0 Å². The number of hydrogen-bond donors (Lipinski definition) is 0. The second kappa shape index (κ2) is 20.5. The molecule has 2 atom stereocenters. The molecule has 0 N–H and O–H groups in total. The van der Waals surface area contributed by atoms with Crippen LogP contribution in [0.1, 0.15) is 12.8 Å². The molecular weight excluding hydrogens is 846 g/mol. The Morgan fingerprint density at radius 1 is 0.500 bits per heavy atom. The van der Waals surface area contributed by atoms with Gasteiger partial charge in [-0.15, -0.1) is 0 Å². The van der Waals surface area contributed by atoms with Gasteiger partial charge in [-0.1, -0.05) is 0 Å². The van der Waals surface area contributed by atoms with Gasteiger partial charge in [0.2, 0.25) is 0 Å². The second-order valence-electron chi connectivity index (χ2n) is 12.6. The molecule has 0 heterocycles. The van der Waals surface area contributed by atoms with Crippen molar-refractivity contribution in [1.29, 1.82) is 0 Å². The molecule has 264 valence electrons. The van der Waals surface area contributed by atoms with Crippen LogP contribution in [0.15, 0.2) is 97.1 Å². The van der Waals surface area contributed by atoms with E-state index in [0.29, 0.717) is 11.5 Å². The van der Waals surface area contributed by atoms with Crippen molar-refractivity contribution in [2.24, 2.45) is 0 Å². The van der Waals surface area contributed by atoms with Gasteiger partial charge in [0.15, 0.2) is 0 Å². The van der Waals surface area contributed by atoms with E-state index in [9.17, 15) is 9.59 Å². The maximum absolute atomic E-state index is 13.0. The molecular formula is C40H48O8Sn2. The van der Waals surface area contributed by atoms with E-state index >= 15 is 0 Å². The topological polar surface area (TPSA) is 89.5 Å². The number of esters is 2. The van der Waals surface area contributed by atoms with Crippen LogP contribution in [-0.4, -0.2) is 91.1 Å². The molecule has 0 saturated carbocycles. The molecule has 0 aliphatic heterocycles. The van der Waals surface area contributed by atoms with Crippen LogP contribution in [0.5, 0.6) is 23.0 Å². The Morgan fingerprint density at radius 3 is 1.12 bits per heavy atom. The molecule has 4 rings (SSSR count). The van der Waals surface area contributed by atoms with Gasteiger partial charge >= 0.3 is 313 Å². The summed E-state index contributed by atoms with van der Waals surface area (Å²) in [5.74, 6) is 2.01. The molecule has 8 nitrogen and oxygen atoms in total. The average molecular weight is 894 g/mol. The summed E-state index contributed by atoms with van der Waals surface area (Å²) in [7, 11) is 3.29. The monoisotopic (exact) mass is 896 g/mol. The Morgan fingerprint density at radius 2 is 0.800 bits per heavy atom. The van der Waals surface area contributed by atoms with Crippen molar-refractivity contribution in [3.05, 3.63) is 97.1 Å². The van der Waals surface area contributed by atoms with Crippen molar-refractivity contribution in [3.63, 3.8) is 0 Å². The summed E-state index contributed by atoms with van der Waals surface area (Å²) in [5.41, 5.74) is 3.64. The van der Waals surface area contributed by atoms with Crippen molar-refractivity contribution in [3.8, 4) is 45.3 Å². The summed E-state index contributed by atoms with van der Waals surface area (Å²) in [6.45, 7) is 0.454. The van der Waals surface area contributed by atoms with E-state index in [-0.39, 0.29) is 26.1 Å². The van der Waals surface area contributed by atoms with Gasteiger partial charge in [0.05, 0.1) is 0 Å². The predicted octanol–water partition coefficient (Wildman–Crippen LogP) is 8.61. The maximum atomic E-state index is 13.0. The van der Waals surface area contributed by atoms with E-state index in [1.165, 1.54) is 0 Å². The zero-order valence-electron chi connectivity index (χ0n) is 29.9. The van der Waals surface area contributed by atoms with E-state index in [1.807, 2.05) is 97.1 Å². The molecule has 2 unspecified atom stereocenters. The third-order valence-corrected chi connectivity index (χ3v) is 15.1. The number of carbonyl (C=O) groups is 2. The van der Waals surface area contributed by atoms with Gasteiger partial charge in [-0.05, 0) is 0 Å². The number of para-hydroxylation sites is 4. The van der Waals surface area contributed by atoms with Gasteiger partial charge in [0.1, 0.15) is 0 Å². The first-order chi connectivity index (χ1) is 24.2. The first kappa shape index (κ1) is 39.4. The number of carbonyl (C=O) groups excluding carboxylic acids is 2. The number of methoxy groups -OCH3 is 2. The Bertz CT molecular complexity index is 1550. The number of benzene rings is 4. The molecule has 0 amide bonds. The average Bonchev–Trinajstić information content (AvgIpc) is 3.11. The SMILES string of the molecule is COc1ccccc1-c1ccccc1OCC([CH2][Sn]([CH3])[CH3])OC(=O)CCC(=O)OC(COc1ccccc1-c1ccccc1OC)[CH2][Sn]([CH3])[CH3]. The Kier molecular flexibility index (Phi) is 16.1. The van der Waals surface area contributed by atoms with Crippen LogP contribution in [0, 0.1) is 0 Å². The first-order valence-corrected chi connectivity index (χ1v) is 32.3. The minimum absolute atomic E-state index is 0.0622. The molecule has 4 aromatic rings. The Hall–Kier alpha value is -3.38. The number of ether oxygens (including phenoxy) is 6. The quantitative estimate of drug-likeness (QED) is 0.0684. The molecule has 0 aliphatic rings. The Balaban J connectivity index is 1.33. The van der Waals surface area contributed by atoms with Crippen molar-refractivity contribution in [2.45, 2.75) is 53.7 Å². The van der Waals surface area contributed by atoms with Crippen molar-refractivity contribution in [1.82, 2.24) is 0 Å². The summed E-state index contributed by atoms with van der Waals surface area (Å²) < 4.78 is 37.1. The molecule has 0 saturated heterocycles. The van der Waals surface area contributed by atoms with Gasteiger partial charge in [0.25, 0.3) is 0 Å². The van der Waals surface area contributed by atoms with Crippen molar-refractivity contribution in [2.75, 3.05) is 27.4 Å². The fraction of sp³-hybridized carbons (Fsp3) is 0.350. The van der Waals surface area contributed by atoms with Gasteiger partial charge in [-0.25, -0.2) is 0 Å². The van der Waals surface area contributed by atoms with E-state index < -0.39 is 63.7 Å². The van der Waals surface area contributed by atoms with E-state index in [4.69, 9.17) is 28.4 Å². The fourth-order valence-corrected chi connectivity index (χ4v) is 12.0. The van der Waals surface area contributed by atoms with Crippen LogP contribution < -0.4 is 18.9 Å². The number of hydrogen-bond acceptors (Lipinski definition) is 8. The van der Waals surface area contributed by atoms with Crippen LogP contribution in [0.2, 0.25) is 28.6 Å². The second-order valence-corrected chi connectivity index (χ2v) is 28.7. The molecule has 50 heavy (non-hydrogen) atoms. The van der Waals surface area contributed by atoms with Crippen LogP contribution in [0.25, 0.3) is 22.3 Å². The van der Waals surface area contributed by atoms with Crippen LogP contribution >= 0.6 is 0 Å². The zero-order chi connectivity index (χ0) is 35.9. The molecule has 4 aromatic carbocycles. The summed E-state index contributed by atoms with van der Waals surface area (Å²) in [5, 5.41) is 0. The summed E-state index contributed by atoms with van der Waals surface area (Å²) >= 11 is -3.39. The summed E-state index contributed by atoms with van der Waals surface area (Å²) in [6.07, 6.45) is -0.916. The third-order valence-electron chi connectivity index (χ3n) is 7.82. The third kappa shape index (κ3) is 12.1. The molecule has 10 heteroatoms. The number of rotatable bonds is 19. The van der Waals surface area contributed by atoms with E-state index in [2.05, 4.69) is 19.8 Å². The van der Waals surface area contributed by atoms with Gasteiger partial charge < -0.3 is 0 Å². The van der Waals surface area contributed by atoms with Crippen molar-refractivity contribution >= 4 is 51.5 Å². The summed E-state index contributed by atoms with van der Waals surface area (Å²) in [6, 6.07) is 31.1. The standard InChI is InChI=1S/C36H36O8.4CH3.2Sn/c1-25(23-41-33-19-11-7-15-29(33)27-13-5-9-17-31(27)39-3)43-35(37)21-22-36(38)44-26(2)24-42-34-20-12-8-16-30(34)28-14-6-10-18-32(28)40-4;;;;;;/h5-20,25-26H,1-2,21-24H2,3-4H3;4*1H3;;. The minimum atomic E-state index is -1.69. The van der Waals surface area contributed by atoms with E-state index in [1.54, 1.807) is 14.2 Å². The predicted molar refractivity (Wildman–Crippen MR) is 201 cm³/mol. The van der Waals surface area contributed by atoms with Crippen LogP contribution in [-0.2, 0) is 19.1 Å². The van der Waals surface area contributed by atoms with Gasteiger partial charge in [-0.2, -0.15) is 0 Å². The van der Waals surface area contributed by atoms with Crippen LogP contribution in [0.4, 0.5) is 0 Å². The Labute approximate surface area is 310 Å². The normalized spacial score (nSPS) is 12.2. The molecule has 0 aliphatic carbocycles. The summed E-state index contributed by atoms with van der Waals surface area (Å²) in [4.78, 5) is 35.1.